The summed E-state index contributed by atoms with van der Waals surface area (Å²) >= 11 is 0. The highest BCUT2D eigenvalue weighted by molar-refractivity contribution is 14.0. The summed E-state index contributed by atoms with van der Waals surface area (Å²) in [6, 6.07) is -0.300. The Balaban J connectivity index is 0.00000200. The SMILES string of the molecule is CN(C)C(N)=NCCN1C(=O)NC2(CCCC2)C1=O.I. The van der Waals surface area contributed by atoms with Crippen LogP contribution in [0.15, 0.2) is 4.99 Å². The molecule has 0 atom stereocenters. The van der Waals surface area contributed by atoms with E-state index in [1.807, 2.05) is 0 Å². The van der Waals surface area contributed by atoms with Gasteiger partial charge in [0.05, 0.1) is 13.1 Å². The van der Waals surface area contributed by atoms with Gasteiger partial charge < -0.3 is 16.0 Å². The van der Waals surface area contributed by atoms with Crippen LogP contribution in [-0.2, 0) is 4.79 Å². The Bertz CT molecular complexity index is 418. The molecule has 114 valence electrons. The van der Waals surface area contributed by atoms with Crippen LogP contribution in [-0.4, -0.2) is 60.4 Å². The molecule has 20 heavy (non-hydrogen) atoms. The molecule has 3 amide bonds. The average Bonchev–Trinajstić information content (AvgIpc) is 2.90. The van der Waals surface area contributed by atoms with Crippen LogP contribution < -0.4 is 11.1 Å². The van der Waals surface area contributed by atoms with Crippen LogP contribution in [0.5, 0.6) is 0 Å². The third-order valence-corrected chi connectivity index (χ3v) is 3.76. The van der Waals surface area contributed by atoms with Crippen LogP contribution in [0.1, 0.15) is 25.7 Å². The number of nitrogens with zero attached hydrogens (tertiary/aromatic N) is 3. The summed E-state index contributed by atoms with van der Waals surface area (Å²) in [7, 11) is 3.58. The van der Waals surface area contributed by atoms with Gasteiger partial charge in [0.1, 0.15) is 5.54 Å². The number of hydrogen-bond donors (Lipinski definition) is 2. The van der Waals surface area contributed by atoms with Crippen molar-refractivity contribution in [3.8, 4) is 0 Å². The summed E-state index contributed by atoms with van der Waals surface area (Å²) in [5, 5.41) is 2.84. The van der Waals surface area contributed by atoms with Crippen LogP contribution in [0.2, 0.25) is 0 Å². The van der Waals surface area contributed by atoms with E-state index in [0.29, 0.717) is 12.5 Å². The van der Waals surface area contributed by atoms with Crippen molar-refractivity contribution in [1.82, 2.24) is 15.1 Å². The van der Waals surface area contributed by atoms with Crippen LogP contribution >= 0.6 is 24.0 Å². The molecular weight excluding hydrogens is 373 g/mol. The average molecular weight is 395 g/mol. The fraction of sp³-hybridized carbons (Fsp3) is 0.750. The van der Waals surface area contributed by atoms with Gasteiger partial charge in [-0.2, -0.15) is 0 Å². The van der Waals surface area contributed by atoms with Crippen molar-refractivity contribution >= 4 is 41.9 Å². The van der Waals surface area contributed by atoms with E-state index in [1.165, 1.54) is 4.90 Å². The van der Waals surface area contributed by atoms with Gasteiger partial charge in [0.15, 0.2) is 5.96 Å². The standard InChI is InChI=1S/C12H21N5O2.HI/c1-16(2)10(13)14-7-8-17-9(18)12(15-11(17)19)5-3-4-6-12;/h3-8H2,1-2H3,(H2,13,14)(H,15,19);1H. The third-order valence-electron chi connectivity index (χ3n) is 3.76. The molecule has 0 aromatic carbocycles. The summed E-state index contributed by atoms with van der Waals surface area (Å²) in [6.45, 7) is 0.611. The van der Waals surface area contributed by atoms with Crippen molar-refractivity contribution in [2.75, 3.05) is 27.2 Å². The summed E-state index contributed by atoms with van der Waals surface area (Å²) in [5.74, 6) is 0.288. The molecule has 1 aliphatic carbocycles. The molecular formula is C12H22IN5O2. The molecule has 7 nitrogen and oxygen atoms in total. The molecule has 0 aromatic heterocycles. The first kappa shape index (κ1) is 17.0. The molecule has 1 heterocycles. The Labute approximate surface area is 136 Å². The van der Waals surface area contributed by atoms with Gasteiger partial charge in [-0.05, 0) is 12.8 Å². The zero-order valence-electron chi connectivity index (χ0n) is 11.9. The maximum atomic E-state index is 12.3. The Kier molecular flexibility index (Phi) is 5.60. The van der Waals surface area contributed by atoms with Gasteiger partial charge in [0.25, 0.3) is 5.91 Å². The number of amides is 3. The first-order chi connectivity index (χ1) is 8.96. The first-order valence-corrected chi connectivity index (χ1v) is 6.58. The molecule has 3 N–H and O–H groups in total. The molecule has 0 radical (unpaired) electrons. The van der Waals surface area contributed by atoms with Crippen LogP contribution in [0.25, 0.3) is 0 Å². The molecule has 2 fully saturated rings. The highest BCUT2D eigenvalue weighted by Gasteiger charge is 2.52. The topological polar surface area (TPSA) is 91.0 Å². The predicted octanol–water partition coefficient (Wildman–Crippen LogP) is 0.345. The van der Waals surface area contributed by atoms with E-state index in [9.17, 15) is 9.59 Å². The highest BCUT2D eigenvalue weighted by atomic mass is 127. The summed E-state index contributed by atoms with van der Waals surface area (Å²) in [5.41, 5.74) is 5.03. The monoisotopic (exact) mass is 395 g/mol. The van der Waals surface area contributed by atoms with Crippen molar-refractivity contribution in [3.63, 3.8) is 0 Å². The Morgan fingerprint density at radius 2 is 2.00 bits per heavy atom. The largest absolute Gasteiger partial charge is 0.370 e. The lowest BCUT2D eigenvalue weighted by Gasteiger charge is -2.19. The fourth-order valence-electron chi connectivity index (χ4n) is 2.60. The van der Waals surface area contributed by atoms with Gasteiger partial charge >= 0.3 is 6.03 Å². The number of imide groups is 1. The second-order valence-electron chi connectivity index (χ2n) is 5.31. The van der Waals surface area contributed by atoms with Gasteiger partial charge in [0.2, 0.25) is 0 Å². The van der Waals surface area contributed by atoms with Crippen LogP contribution in [0.4, 0.5) is 4.79 Å². The number of carbonyl (C=O) groups is 2. The minimum absolute atomic E-state index is 0. The minimum Gasteiger partial charge on any atom is -0.370 e. The second kappa shape index (κ2) is 6.59. The maximum absolute atomic E-state index is 12.3. The van der Waals surface area contributed by atoms with Gasteiger partial charge in [-0.1, -0.05) is 12.8 Å². The predicted molar refractivity (Wildman–Crippen MR) is 87.0 cm³/mol. The number of urea groups is 1. The molecule has 1 saturated carbocycles. The number of halogens is 1. The fourth-order valence-corrected chi connectivity index (χ4v) is 2.60. The molecule has 2 aliphatic rings. The normalized spacial score (nSPS) is 21.1. The molecule has 2 rings (SSSR count). The molecule has 1 aliphatic heterocycles. The zero-order valence-corrected chi connectivity index (χ0v) is 14.2. The summed E-state index contributed by atoms with van der Waals surface area (Å²) in [6.07, 6.45) is 3.48. The second-order valence-corrected chi connectivity index (χ2v) is 5.31. The third kappa shape index (κ3) is 3.15. The van der Waals surface area contributed by atoms with E-state index in [2.05, 4.69) is 10.3 Å². The van der Waals surface area contributed by atoms with E-state index < -0.39 is 5.54 Å². The van der Waals surface area contributed by atoms with Crippen molar-refractivity contribution < 1.29 is 9.59 Å². The Hall–Kier alpha value is -1.06. The quantitative estimate of drug-likeness (QED) is 0.312. The van der Waals surface area contributed by atoms with E-state index in [4.69, 9.17) is 5.73 Å². The first-order valence-electron chi connectivity index (χ1n) is 6.58. The summed E-state index contributed by atoms with van der Waals surface area (Å²) in [4.78, 5) is 31.2. The molecule has 1 saturated heterocycles. The van der Waals surface area contributed by atoms with Crippen molar-refractivity contribution in [2.24, 2.45) is 10.7 Å². The molecule has 0 unspecified atom stereocenters. The lowest BCUT2D eigenvalue weighted by Crippen LogP contribution is -2.44. The van der Waals surface area contributed by atoms with Crippen molar-refractivity contribution in [1.29, 1.82) is 0 Å². The molecule has 0 aromatic rings. The minimum atomic E-state index is -0.631. The number of nitrogens with one attached hydrogen (secondary N) is 1. The summed E-state index contributed by atoms with van der Waals surface area (Å²) < 4.78 is 0. The smallest absolute Gasteiger partial charge is 0.325 e. The van der Waals surface area contributed by atoms with E-state index in [1.54, 1.807) is 19.0 Å². The van der Waals surface area contributed by atoms with Crippen molar-refractivity contribution in [2.45, 2.75) is 31.2 Å². The van der Waals surface area contributed by atoms with Gasteiger partial charge in [-0.3, -0.25) is 14.7 Å². The number of rotatable bonds is 3. The maximum Gasteiger partial charge on any atom is 0.325 e. The van der Waals surface area contributed by atoms with Crippen LogP contribution in [0, 0.1) is 0 Å². The zero-order chi connectivity index (χ0) is 14.0. The van der Waals surface area contributed by atoms with E-state index >= 15 is 0 Å². The van der Waals surface area contributed by atoms with Gasteiger partial charge in [-0.25, -0.2) is 4.79 Å². The van der Waals surface area contributed by atoms with Gasteiger partial charge in [-0.15, -0.1) is 24.0 Å². The van der Waals surface area contributed by atoms with Crippen LogP contribution in [0.3, 0.4) is 0 Å². The molecule has 0 bridgehead atoms. The Morgan fingerprint density at radius 3 is 2.55 bits per heavy atom. The van der Waals surface area contributed by atoms with Gasteiger partial charge in [0, 0.05) is 14.1 Å². The number of nitrogens with two attached hydrogens (primary N) is 1. The van der Waals surface area contributed by atoms with Crippen molar-refractivity contribution in [3.05, 3.63) is 0 Å². The van der Waals surface area contributed by atoms with E-state index in [0.717, 1.165) is 25.7 Å². The number of guanidine groups is 1. The number of aliphatic imine (C=N–C) groups is 1. The Morgan fingerprint density at radius 1 is 1.40 bits per heavy atom. The number of hydrogen-bond acceptors (Lipinski definition) is 3. The lowest BCUT2D eigenvalue weighted by atomic mass is 9.98. The molecule has 8 heteroatoms. The number of carbonyl (C=O) groups excluding carboxylic acids is 2. The highest BCUT2D eigenvalue weighted by Crippen LogP contribution is 2.34. The molecule has 1 spiro atoms. The lowest BCUT2D eigenvalue weighted by molar-refractivity contribution is -0.131. The van der Waals surface area contributed by atoms with E-state index in [-0.39, 0.29) is 42.5 Å².